The zero-order chi connectivity index (χ0) is 13.7. The zero-order valence-electron chi connectivity index (χ0n) is 10.4. The largest absolute Gasteiger partial charge is 0.461 e. The smallest absolute Gasteiger partial charge is 0.355 e. The van der Waals surface area contributed by atoms with E-state index in [0.29, 0.717) is 23.8 Å². The summed E-state index contributed by atoms with van der Waals surface area (Å²) >= 11 is 0. The number of hydrogen-bond donors (Lipinski definition) is 2. The molecule has 0 spiro atoms. The number of nitrogens with two attached hydrogens (primary N) is 1. The Morgan fingerprint density at radius 2 is 2.11 bits per heavy atom. The molecule has 1 aromatic heterocycles. The van der Waals surface area contributed by atoms with Crippen LogP contribution in [0.4, 0.5) is 0 Å². The summed E-state index contributed by atoms with van der Waals surface area (Å²) in [5.41, 5.74) is 6.86. The van der Waals surface area contributed by atoms with E-state index in [1.165, 1.54) is 0 Å². The molecule has 0 aliphatic rings. The van der Waals surface area contributed by atoms with Crippen molar-refractivity contribution in [2.24, 2.45) is 5.73 Å². The van der Waals surface area contributed by atoms with Crippen molar-refractivity contribution in [3.63, 3.8) is 0 Å². The van der Waals surface area contributed by atoms with Crippen molar-refractivity contribution in [2.75, 3.05) is 6.61 Å². The highest BCUT2D eigenvalue weighted by molar-refractivity contribution is 5.92. The number of carbonyl (C=O) groups excluding carboxylic acids is 3. The number of aromatic nitrogens is 1. The van der Waals surface area contributed by atoms with Crippen molar-refractivity contribution in [2.45, 2.75) is 26.7 Å². The van der Waals surface area contributed by atoms with Gasteiger partial charge in [-0.3, -0.25) is 9.59 Å². The quantitative estimate of drug-likeness (QED) is 0.575. The summed E-state index contributed by atoms with van der Waals surface area (Å²) in [4.78, 5) is 36.0. The highest BCUT2D eigenvalue weighted by Crippen LogP contribution is 2.19. The number of carbonyl (C=O) groups is 3. The molecule has 1 rings (SSSR count). The fourth-order valence-corrected chi connectivity index (χ4v) is 1.74. The normalized spacial score (nSPS) is 10.1. The monoisotopic (exact) mass is 252 g/mol. The van der Waals surface area contributed by atoms with Gasteiger partial charge in [0.2, 0.25) is 5.91 Å². The van der Waals surface area contributed by atoms with Crippen molar-refractivity contribution in [3.05, 3.63) is 22.5 Å². The molecule has 18 heavy (non-hydrogen) atoms. The average molecular weight is 252 g/mol. The molecule has 6 heteroatoms. The molecular weight excluding hydrogens is 236 g/mol. The Balaban J connectivity index is 3.05. The van der Waals surface area contributed by atoms with Crippen LogP contribution < -0.4 is 5.73 Å². The van der Waals surface area contributed by atoms with Gasteiger partial charge in [-0.15, -0.1) is 0 Å². The van der Waals surface area contributed by atoms with Gasteiger partial charge in [0.1, 0.15) is 5.69 Å². The number of aromatic amines is 1. The van der Waals surface area contributed by atoms with Gasteiger partial charge < -0.3 is 15.5 Å². The van der Waals surface area contributed by atoms with Crippen LogP contribution in [-0.4, -0.2) is 29.8 Å². The van der Waals surface area contributed by atoms with E-state index in [0.717, 1.165) is 0 Å². The van der Waals surface area contributed by atoms with Crippen LogP contribution in [0.2, 0.25) is 0 Å². The Bertz CT molecular complexity index is 477. The van der Waals surface area contributed by atoms with Crippen LogP contribution in [0.5, 0.6) is 0 Å². The Hall–Kier alpha value is -2.11. The lowest BCUT2D eigenvalue weighted by molar-refractivity contribution is -0.118. The number of rotatable bonds is 6. The van der Waals surface area contributed by atoms with E-state index in [-0.39, 0.29) is 24.4 Å². The van der Waals surface area contributed by atoms with E-state index in [1.807, 2.05) is 0 Å². The number of aldehydes is 1. The first-order chi connectivity index (χ1) is 8.51. The van der Waals surface area contributed by atoms with Crippen molar-refractivity contribution in [1.82, 2.24) is 4.98 Å². The number of nitrogens with one attached hydrogen (secondary N) is 1. The molecule has 0 unspecified atom stereocenters. The molecule has 0 saturated heterocycles. The molecule has 0 fully saturated rings. The molecule has 0 aliphatic heterocycles. The summed E-state index contributed by atoms with van der Waals surface area (Å²) in [5, 5.41) is 0. The lowest BCUT2D eigenvalue weighted by atomic mass is 10.0. The number of ether oxygens (including phenoxy) is 1. The summed E-state index contributed by atoms with van der Waals surface area (Å²) in [6.45, 7) is 3.65. The van der Waals surface area contributed by atoms with Crippen LogP contribution in [0.3, 0.4) is 0 Å². The Morgan fingerprint density at radius 3 is 2.61 bits per heavy atom. The van der Waals surface area contributed by atoms with Gasteiger partial charge in [0, 0.05) is 6.42 Å². The molecule has 0 atom stereocenters. The highest BCUT2D eigenvalue weighted by Gasteiger charge is 2.19. The van der Waals surface area contributed by atoms with E-state index in [2.05, 4.69) is 4.98 Å². The third-order valence-corrected chi connectivity index (χ3v) is 2.63. The molecule has 0 radical (unpaired) electrons. The molecule has 0 saturated carbocycles. The van der Waals surface area contributed by atoms with Gasteiger partial charge in [0.15, 0.2) is 6.29 Å². The van der Waals surface area contributed by atoms with E-state index in [4.69, 9.17) is 10.5 Å². The minimum Gasteiger partial charge on any atom is -0.461 e. The predicted octanol–water partition coefficient (Wildman–Crippen LogP) is 0.730. The number of hydrogen-bond acceptors (Lipinski definition) is 4. The Labute approximate surface area is 104 Å². The molecule has 0 aromatic carbocycles. The van der Waals surface area contributed by atoms with Gasteiger partial charge in [-0.1, -0.05) is 0 Å². The second-order valence-electron chi connectivity index (χ2n) is 3.82. The number of primary amides is 1. The Morgan fingerprint density at radius 1 is 1.44 bits per heavy atom. The second-order valence-corrected chi connectivity index (χ2v) is 3.82. The minimum absolute atomic E-state index is 0.127. The summed E-state index contributed by atoms with van der Waals surface area (Å²) in [6, 6.07) is 0. The molecule has 3 N–H and O–H groups in total. The van der Waals surface area contributed by atoms with Gasteiger partial charge in [0.05, 0.1) is 12.3 Å². The number of H-pyrrole nitrogens is 1. The molecule has 0 aliphatic carbocycles. The van der Waals surface area contributed by atoms with Crippen molar-refractivity contribution >= 4 is 18.2 Å². The second kappa shape index (κ2) is 6.00. The Kier molecular flexibility index (Phi) is 4.65. The first-order valence-corrected chi connectivity index (χ1v) is 5.63. The van der Waals surface area contributed by atoms with E-state index in [1.54, 1.807) is 13.8 Å². The van der Waals surface area contributed by atoms with Crippen molar-refractivity contribution < 1.29 is 19.1 Å². The maximum absolute atomic E-state index is 11.6. The molecule has 6 nitrogen and oxygen atoms in total. The van der Waals surface area contributed by atoms with E-state index >= 15 is 0 Å². The first kappa shape index (κ1) is 14.0. The van der Waals surface area contributed by atoms with Gasteiger partial charge in [-0.05, 0) is 31.4 Å². The van der Waals surface area contributed by atoms with E-state index in [9.17, 15) is 14.4 Å². The van der Waals surface area contributed by atoms with Crippen LogP contribution in [-0.2, 0) is 16.0 Å². The van der Waals surface area contributed by atoms with Crippen LogP contribution in [0, 0.1) is 6.92 Å². The molecule has 98 valence electrons. The molecule has 1 aromatic rings. The van der Waals surface area contributed by atoms with Crippen molar-refractivity contribution in [1.29, 1.82) is 0 Å². The summed E-state index contributed by atoms with van der Waals surface area (Å²) in [6.07, 6.45) is 1.07. The number of amides is 1. The lowest BCUT2D eigenvalue weighted by Crippen LogP contribution is -2.12. The molecular formula is C12H16N2O4. The van der Waals surface area contributed by atoms with E-state index < -0.39 is 11.9 Å². The summed E-state index contributed by atoms with van der Waals surface area (Å²) in [5.74, 6) is -0.964. The van der Waals surface area contributed by atoms with Crippen LogP contribution in [0.15, 0.2) is 0 Å². The minimum atomic E-state index is -0.511. The standard InChI is InChI=1S/C12H16N2O4/c1-3-18-12(17)11-7(2)8(4-5-10(13)16)9(6-15)14-11/h6,14H,3-5H2,1-2H3,(H2,13,16). The van der Waals surface area contributed by atoms with Gasteiger partial charge in [0.25, 0.3) is 0 Å². The van der Waals surface area contributed by atoms with Crippen LogP contribution >= 0.6 is 0 Å². The molecule has 1 amide bonds. The number of esters is 1. The topological polar surface area (TPSA) is 102 Å². The zero-order valence-corrected chi connectivity index (χ0v) is 10.4. The third kappa shape index (κ3) is 2.97. The maximum atomic E-state index is 11.6. The predicted molar refractivity (Wildman–Crippen MR) is 64.4 cm³/mol. The maximum Gasteiger partial charge on any atom is 0.355 e. The van der Waals surface area contributed by atoms with Crippen molar-refractivity contribution in [3.8, 4) is 0 Å². The van der Waals surface area contributed by atoms with Gasteiger partial charge >= 0.3 is 5.97 Å². The SMILES string of the molecule is CCOC(=O)c1[nH]c(C=O)c(CCC(N)=O)c1C. The van der Waals surface area contributed by atoms with Crippen LogP contribution in [0.25, 0.3) is 0 Å². The molecule has 0 bridgehead atoms. The summed E-state index contributed by atoms with van der Waals surface area (Å²) in [7, 11) is 0. The van der Waals surface area contributed by atoms with Gasteiger partial charge in [-0.2, -0.15) is 0 Å². The average Bonchev–Trinajstić information content (AvgIpc) is 2.63. The molecule has 1 heterocycles. The highest BCUT2D eigenvalue weighted by atomic mass is 16.5. The fraction of sp³-hybridized carbons (Fsp3) is 0.417. The lowest BCUT2D eigenvalue weighted by Gasteiger charge is -2.01. The summed E-state index contributed by atoms with van der Waals surface area (Å²) < 4.78 is 4.87. The van der Waals surface area contributed by atoms with Crippen LogP contribution in [0.1, 0.15) is 45.4 Å². The third-order valence-electron chi connectivity index (χ3n) is 2.63. The first-order valence-electron chi connectivity index (χ1n) is 5.63. The fourth-order valence-electron chi connectivity index (χ4n) is 1.74. The van der Waals surface area contributed by atoms with Gasteiger partial charge in [-0.25, -0.2) is 4.79 Å².